The van der Waals surface area contributed by atoms with E-state index in [2.05, 4.69) is 37.9 Å². The number of carboxylic acids is 1. The van der Waals surface area contributed by atoms with Gasteiger partial charge in [-0.2, -0.15) is 52.7 Å². The van der Waals surface area contributed by atoms with Gasteiger partial charge in [-0.1, -0.05) is 72.8 Å². The number of halogens is 13. The number of esters is 1. The Balaban J connectivity index is 0.000000179. The third-order valence-electron chi connectivity index (χ3n) is 15.7. The smallest absolute Gasteiger partial charge is 0.482 e. The normalized spacial score (nSPS) is 13.2. The van der Waals surface area contributed by atoms with E-state index in [1.54, 1.807) is 47.8 Å². The van der Waals surface area contributed by atoms with Gasteiger partial charge in [0.1, 0.15) is 11.5 Å². The van der Waals surface area contributed by atoms with Gasteiger partial charge in [-0.05, 0) is 202 Å². The molecular formula is C74H64BBrF12N2O10S4. The van der Waals surface area contributed by atoms with Gasteiger partial charge in [0.05, 0.1) is 42.4 Å². The molecule has 0 amide bonds. The monoisotopic (exact) mass is 1590 g/mol. The second-order valence-corrected chi connectivity index (χ2v) is 29.0. The molecule has 0 bridgehead atoms. The van der Waals surface area contributed by atoms with Crippen molar-refractivity contribution in [3.63, 3.8) is 0 Å². The van der Waals surface area contributed by atoms with E-state index in [9.17, 15) is 71.9 Å². The molecule has 0 saturated heterocycles. The molecule has 10 aromatic rings. The van der Waals surface area contributed by atoms with Crippen LogP contribution in [0.2, 0.25) is 0 Å². The number of alkyl halides is 12. The molecule has 0 spiro atoms. The number of aldehydes is 2. The van der Waals surface area contributed by atoms with Crippen LogP contribution in [0.25, 0.3) is 31.3 Å². The summed E-state index contributed by atoms with van der Waals surface area (Å²) in [5.74, 6) is -0.147. The maximum atomic E-state index is 12.8. The predicted molar refractivity (Wildman–Crippen MR) is 382 cm³/mol. The van der Waals surface area contributed by atoms with E-state index in [0.29, 0.717) is 28.5 Å². The molecule has 104 heavy (non-hydrogen) atoms. The van der Waals surface area contributed by atoms with Gasteiger partial charge < -0.3 is 29.4 Å². The average molecular weight is 1590 g/mol. The van der Waals surface area contributed by atoms with Crippen LogP contribution in [0.4, 0.5) is 52.7 Å². The number of nitrogens with zero attached hydrogens (tertiary/aromatic N) is 2. The van der Waals surface area contributed by atoms with Gasteiger partial charge in [0.25, 0.3) is 0 Å². The summed E-state index contributed by atoms with van der Waals surface area (Å²) < 4.78 is 167. The number of carboxylic acid groups (broad SMARTS) is 1. The SMILES string of the molecule is CCOC(=O)COc1ccc2c(c1)CCN(Cc1ccc(-c3ccc(C(F)(F)F)cc3)s1)CC2.O=C(O)COc1ccc2c(c1)CCN(Cc1ccc(-c3ccc(C(F)(F)F)cc3)s1)CC2.O=Cc1ccc(-c2ccc(C(F)(F)F)cc2)s1.O=Cc1ccc(Br)s1.OB(O)c1ccc(C(F)(F)F)cc1. The van der Waals surface area contributed by atoms with Crippen molar-refractivity contribution in [2.45, 2.75) is 70.4 Å². The van der Waals surface area contributed by atoms with Crippen molar-refractivity contribution in [1.29, 1.82) is 0 Å². The molecule has 548 valence electrons. The number of fused-ring (bicyclic) bond motifs is 2. The first-order chi connectivity index (χ1) is 49.3. The number of carbonyl (C=O) groups excluding carboxylic acids is 3. The Hall–Kier alpha value is -8.46. The molecule has 0 radical (unpaired) electrons. The number of benzene rings is 6. The molecule has 30 heteroatoms. The molecule has 3 N–H and O–H groups in total. The molecule has 2 aliphatic rings. The van der Waals surface area contributed by atoms with Gasteiger partial charge in [-0.3, -0.25) is 19.4 Å². The van der Waals surface area contributed by atoms with Crippen LogP contribution in [0, 0.1) is 0 Å². The quantitative estimate of drug-likeness (QED) is 0.0343. The highest BCUT2D eigenvalue weighted by molar-refractivity contribution is 9.11. The van der Waals surface area contributed by atoms with Crippen LogP contribution < -0.4 is 14.9 Å². The van der Waals surface area contributed by atoms with E-state index >= 15 is 0 Å². The number of aliphatic carboxylic acids is 1. The van der Waals surface area contributed by atoms with E-state index in [0.717, 1.165) is 177 Å². The third-order valence-corrected chi connectivity index (χ3v) is 20.6. The number of ether oxygens (including phenoxy) is 3. The lowest BCUT2D eigenvalue weighted by molar-refractivity contribution is -0.145. The molecular weight excluding hydrogens is 1520 g/mol. The number of carbonyl (C=O) groups is 4. The highest BCUT2D eigenvalue weighted by Gasteiger charge is 2.33. The van der Waals surface area contributed by atoms with Crippen molar-refractivity contribution in [2.24, 2.45) is 0 Å². The minimum atomic E-state index is -4.39. The van der Waals surface area contributed by atoms with Crippen molar-refractivity contribution < 1.29 is 101 Å². The fourth-order valence-electron chi connectivity index (χ4n) is 10.4. The molecule has 0 fully saturated rings. The van der Waals surface area contributed by atoms with Gasteiger partial charge in [0.15, 0.2) is 25.8 Å². The second-order valence-electron chi connectivity index (χ2n) is 23.0. The van der Waals surface area contributed by atoms with Crippen LogP contribution in [0.15, 0.2) is 186 Å². The summed E-state index contributed by atoms with van der Waals surface area (Å²) in [6.45, 7) is 6.79. The number of hydrogen-bond acceptors (Lipinski definition) is 15. The van der Waals surface area contributed by atoms with Crippen LogP contribution in [0.1, 0.15) is 80.5 Å². The number of thiophene rings is 4. The third kappa shape index (κ3) is 25.1. The summed E-state index contributed by atoms with van der Waals surface area (Å²) in [5, 5.41) is 26.0. The van der Waals surface area contributed by atoms with Crippen LogP contribution in [0.3, 0.4) is 0 Å². The van der Waals surface area contributed by atoms with Crippen LogP contribution in [-0.2, 0) is 77.8 Å². The minimum absolute atomic E-state index is 0.0352. The molecule has 2 aliphatic heterocycles. The summed E-state index contributed by atoms with van der Waals surface area (Å²) in [6, 6.07) is 45.9. The summed E-state index contributed by atoms with van der Waals surface area (Å²) in [6.07, 6.45) is -12.3. The van der Waals surface area contributed by atoms with Crippen molar-refractivity contribution >= 4 is 98.4 Å². The van der Waals surface area contributed by atoms with Crippen molar-refractivity contribution in [3.05, 3.63) is 250 Å². The molecule has 0 aliphatic carbocycles. The Labute approximate surface area is 614 Å². The second kappa shape index (κ2) is 37.5. The van der Waals surface area contributed by atoms with Gasteiger partial charge in [0.2, 0.25) is 0 Å². The zero-order valence-electron chi connectivity index (χ0n) is 54.9. The fraction of sp³-hybridized carbons (Fsp3) is 0.243. The molecule has 0 atom stereocenters. The lowest BCUT2D eigenvalue weighted by Gasteiger charge is -2.18. The lowest BCUT2D eigenvalue weighted by atomic mass is 9.80. The maximum Gasteiger partial charge on any atom is 0.488 e. The van der Waals surface area contributed by atoms with E-state index in [4.69, 9.17) is 29.4 Å². The van der Waals surface area contributed by atoms with Gasteiger partial charge in [-0.25, -0.2) is 9.59 Å². The Morgan fingerprint density at radius 3 is 1.15 bits per heavy atom. The van der Waals surface area contributed by atoms with E-state index in [1.807, 2.05) is 54.6 Å². The highest BCUT2D eigenvalue weighted by atomic mass is 79.9. The topological polar surface area (TPSA) is 163 Å². The molecule has 0 saturated carbocycles. The Bertz CT molecular complexity index is 4430. The van der Waals surface area contributed by atoms with Crippen molar-refractivity contribution in [3.8, 4) is 42.8 Å². The first-order valence-electron chi connectivity index (χ1n) is 31.6. The van der Waals surface area contributed by atoms with E-state index < -0.39 is 60.0 Å². The van der Waals surface area contributed by atoms with Crippen LogP contribution >= 0.6 is 61.3 Å². The standard InChI is InChI=1S/C26H26F3NO3S.C24H22F3NO3S.C12H7F3OS.C7H6BF3O2.C5H3BrOS/c1-2-32-25(31)17-33-22-8-5-18-11-13-30(14-12-20(18)15-22)16-23-9-10-24(34-23)19-3-6-21(7-4-19)26(27,28)29;25-24(26,27)19-4-1-17(2-5-19)22-8-7-21(32-22)14-28-11-9-16-3-6-20(31-15-23(29)30)13-18(16)10-12-28;13-12(14,15)9-3-1-8(2-4-9)11-6-5-10(7-16)17-11;9-7(10,11)5-1-3-6(4-2-5)8(12)13;6-5-2-1-4(3-7)8-5/h3-10,15H,2,11-14,16-17H2,1H3;1-8,13H,9-12,14-15H2,(H,29,30);1-7H;1-4,12-13H;1-3H. The molecule has 12 nitrogen and oxygen atoms in total. The summed E-state index contributed by atoms with van der Waals surface area (Å²) in [5.41, 5.74) is 4.45. The molecule has 6 aromatic carbocycles. The largest absolute Gasteiger partial charge is 0.488 e. The van der Waals surface area contributed by atoms with Gasteiger partial charge in [-0.15, -0.1) is 45.3 Å². The molecule has 4 aromatic heterocycles. The van der Waals surface area contributed by atoms with Gasteiger partial charge >= 0.3 is 43.8 Å². The minimum Gasteiger partial charge on any atom is -0.482 e. The first-order valence-corrected chi connectivity index (χ1v) is 35.7. The maximum absolute atomic E-state index is 12.8. The summed E-state index contributed by atoms with van der Waals surface area (Å²) >= 11 is 9.13. The number of hydrogen-bond donors (Lipinski definition) is 3. The zero-order chi connectivity index (χ0) is 75.4. The zero-order valence-corrected chi connectivity index (χ0v) is 59.7. The fourth-order valence-corrected chi connectivity index (χ4v) is 14.6. The predicted octanol–water partition coefficient (Wildman–Crippen LogP) is 18.4. The summed E-state index contributed by atoms with van der Waals surface area (Å²) in [7, 11) is -1.73. The van der Waals surface area contributed by atoms with Crippen LogP contribution in [0.5, 0.6) is 11.5 Å². The first kappa shape index (κ1) is 81.2. The average Bonchev–Trinajstić information content (AvgIpc) is 1.76. The van der Waals surface area contributed by atoms with Crippen molar-refractivity contribution in [1.82, 2.24) is 9.80 Å². The lowest BCUT2D eigenvalue weighted by Crippen LogP contribution is -2.29. The molecule has 12 rings (SSSR count). The molecule has 0 unspecified atom stereocenters. The Morgan fingerprint density at radius 1 is 0.462 bits per heavy atom. The Morgan fingerprint density at radius 2 is 0.817 bits per heavy atom. The summed E-state index contributed by atoms with van der Waals surface area (Å²) in [4.78, 5) is 53.8. The molecule has 6 heterocycles. The Kier molecular flexibility index (Phi) is 29.3. The number of rotatable bonds is 17. The van der Waals surface area contributed by atoms with Gasteiger partial charge in [0, 0.05) is 63.7 Å². The van der Waals surface area contributed by atoms with Crippen LogP contribution in [-0.4, -0.2) is 103 Å². The van der Waals surface area contributed by atoms with E-state index in [-0.39, 0.29) is 24.6 Å². The van der Waals surface area contributed by atoms with Crippen molar-refractivity contribution in [2.75, 3.05) is 46.0 Å². The van der Waals surface area contributed by atoms with E-state index in [1.165, 1.54) is 86.2 Å². The highest BCUT2D eigenvalue weighted by Crippen LogP contribution is 2.38.